The molecule has 0 aromatic heterocycles. The molecule has 5 atom stereocenters. The molecular weight excluding hydrogens is 227 g/mol. The highest BCUT2D eigenvalue weighted by atomic mass is 35.7. The zero-order valence-corrected chi connectivity index (χ0v) is 10.9. The summed E-state index contributed by atoms with van der Waals surface area (Å²) in [5.41, 5.74) is 0.731. The van der Waals surface area contributed by atoms with Gasteiger partial charge in [-0.25, -0.2) is 0 Å². The van der Waals surface area contributed by atoms with Crippen molar-refractivity contribution in [2.75, 3.05) is 0 Å². The predicted molar refractivity (Wildman–Crippen MR) is 65.4 cm³/mol. The van der Waals surface area contributed by atoms with Crippen molar-refractivity contribution in [3.8, 4) is 0 Å². The third kappa shape index (κ3) is 1.96. The van der Waals surface area contributed by atoms with E-state index in [4.69, 9.17) is 15.8 Å². The van der Waals surface area contributed by atoms with Crippen molar-refractivity contribution in [1.29, 1.82) is 0 Å². The molecule has 3 fully saturated rings. The van der Waals surface area contributed by atoms with Crippen molar-refractivity contribution in [2.45, 2.75) is 63.1 Å². The van der Waals surface area contributed by atoms with Crippen molar-refractivity contribution >= 4 is 18.7 Å². The van der Waals surface area contributed by atoms with E-state index in [1.165, 1.54) is 51.4 Å². The lowest BCUT2D eigenvalue weighted by Crippen LogP contribution is -2.43. The van der Waals surface area contributed by atoms with Gasteiger partial charge in [0.2, 0.25) is 0 Å². The molecule has 0 spiro atoms. The second kappa shape index (κ2) is 4.51. The summed E-state index contributed by atoms with van der Waals surface area (Å²) in [6.45, 7) is 0. The highest BCUT2D eigenvalue weighted by Gasteiger charge is 2.46. The summed E-state index contributed by atoms with van der Waals surface area (Å²) in [6.07, 6.45) is 11.6. The molecule has 0 aromatic rings. The lowest BCUT2D eigenvalue weighted by Gasteiger charge is -2.49. The smallest absolute Gasteiger partial charge is 0.128 e. The topological polar surface area (TPSA) is 9.23 Å². The lowest BCUT2D eigenvalue weighted by molar-refractivity contribution is 0.0310. The molecule has 0 N–H and O–H groups in total. The van der Waals surface area contributed by atoms with Gasteiger partial charge in [-0.3, -0.25) is 0 Å². The summed E-state index contributed by atoms with van der Waals surface area (Å²) in [5, 5.41) is 0. The largest absolute Gasteiger partial charge is 0.339 e. The van der Waals surface area contributed by atoms with Gasteiger partial charge in [-0.2, -0.15) is 0 Å². The van der Waals surface area contributed by atoms with E-state index in [-0.39, 0.29) is 0 Å². The number of fused-ring (bicyclic) bond motifs is 3. The number of hydrogen-bond donors (Lipinski definition) is 0. The van der Waals surface area contributed by atoms with Crippen molar-refractivity contribution in [2.24, 2.45) is 11.8 Å². The highest BCUT2D eigenvalue weighted by Crippen LogP contribution is 2.63. The molecule has 3 aliphatic rings. The Hall–Kier alpha value is 0.680. The summed E-state index contributed by atoms with van der Waals surface area (Å²) in [7, 11) is -0.620. The summed E-state index contributed by atoms with van der Waals surface area (Å²) in [4.78, 5) is 0. The van der Waals surface area contributed by atoms with Gasteiger partial charge in [0.1, 0.15) is 7.50 Å². The maximum Gasteiger partial charge on any atom is 0.128 e. The zero-order valence-electron chi connectivity index (χ0n) is 9.20. The van der Waals surface area contributed by atoms with E-state index < -0.39 is 7.50 Å². The molecule has 3 rings (SSSR count). The highest BCUT2D eigenvalue weighted by molar-refractivity contribution is 7.80. The Labute approximate surface area is 98.5 Å². The minimum Gasteiger partial charge on any atom is -0.339 e. The SMILES string of the molecule is ClP1OC2CCCCC2C2CCCCC21. The van der Waals surface area contributed by atoms with Crippen LogP contribution >= 0.6 is 18.7 Å². The van der Waals surface area contributed by atoms with Gasteiger partial charge in [-0.05, 0) is 37.5 Å². The Morgan fingerprint density at radius 3 is 2.40 bits per heavy atom. The summed E-state index contributed by atoms with van der Waals surface area (Å²) < 4.78 is 6.09. The van der Waals surface area contributed by atoms with Crippen LogP contribution in [0.25, 0.3) is 0 Å². The molecule has 5 unspecified atom stereocenters. The van der Waals surface area contributed by atoms with Gasteiger partial charge in [0.25, 0.3) is 0 Å². The van der Waals surface area contributed by atoms with Gasteiger partial charge >= 0.3 is 0 Å². The third-order valence-electron chi connectivity index (χ3n) is 4.58. The van der Waals surface area contributed by atoms with Gasteiger partial charge < -0.3 is 4.52 Å². The molecule has 0 bridgehead atoms. The second-order valence-corrected chi connectivity index (χ2v) is 7.80. The normalized spacial score (nSPS) is 50.6. The summed E-state index contributed by atoms with van der Waals surface area (Å²) in [6, 6.07) is 0. The summed E-state index contributed by atoms with van der Waals surface area (Å²) >= 11 is 6.45. The van der Waals surface area contributed by atoms with Crippen molar-refractivity contribution in [1.82, 2.24) is 0 Å². The van der Waals surface area contributed by atoms with Crippen LogP contribution in [0.5, 0.6) is 0 Å². The molecule has 2 aliphatic carbocycles. The Morgan fingerprint density at radius 2 is 1.53 bits per heavy atom. The first kappa shape index (κ1) is 10.8. The lowest BCUT2D eigenvalue weighted by atomic mass is 9.71. The van der Waals surface area contributed by atoms with E-state index in [0.717, 1.165) is 17.5 Å². The van der Waals surface area contributed by atoms with Gasteiger partial charge in [0.15, 0.2) is 0 Å². The van der Waals surface area contributed by atoms with Crippen LogP contribution < -0.4 is 0 Å². The van der Waals surface area contributed by atoms with Crippen LogP contribution in [-0.4, -0.2) is 11.8 Å². The summed E-state index contributed by atoms with van der Waals surface area (Å²) in [5.74, 6) is 1.78. The Kier molecular flexibility index (Phi) is 3.25. The van der Waals surface area contributed by atoms with E-state index in [9.17, 15) is 0 Å². The minimum absolute atomic E-state index is 0.529. The molecule has 15 heavy (non-hydrogen) atoms. The van der Waals surface area contributed by atoms with Crippen molar-refractivity contribution in [3.05, 3.63) is 0 Å². The Morgan fingerprint density at radius 1 is 0.867 bits per heavy atom. The van der Waals surface area contributed by atoms with Crippen LogP contribution in [0.4, 0.5) is 0 Å². The van der Waals surface area contributed by atoms with E-state index in [0.29, 0.717) is 6.10 Å². The van der Waals surface area contributed by atoms with Crippen molar-refractivity contribution in [3.63, 3.8) is 0 Å². The first-order valence-corrected chi connectivity index (χ1v) is 8.71. The molecule has 1 saturated heterocycles. The van der Waals surface area contributed by atoms with Gasteiger partial charge in [0, 0.05) is 5.66 Å². The fourth-order valence-electron chi connectivity index (χ4n) is 3.85. The van der Waals surface area contributed by atoms with Crippen LogP contribution in [-0.2, 0) is 4.52 Å². The standard InChI is InChI=1S/C12H20ClOP/c13-15-12-8-4-2-6-10(12)9-5-1-3-7-11(9)14-15/h9-12H,1-8H2. The first-order valence-electron chi connectivity index (χ1n) is 6.48. The van der Waals surface area contributed by atoms with E-state index in [1.807, 2.05) is 0 Å². The Balaban J connectivity index is 1.79. The van der Waals surface area contributed by atoms with Crippen LogP contribution in [0.15, 0.2) is 0 Å². The van der Waals surface area contributed by atoms with Gasteiger partial charge in [0.05, 0.1) is 6.10 Å². The van der Waals surface area contributed by atoms with Crippen LogP contribution in [0.1, 0.15) is 51.4 Å². The van der Waals surface area contributed by atoms with Crippen molar-refractivity contribution < 1.29 is 4.52 Å². The second-order valence-electron chi connectivity index (χ2n) is 5.38. The first-order chi connectivity index (χ1) is 7.36. The van der Waals surface area contributed by atoms with E-state index in [1.54, 1.807) is 0 Å². The zero-order chi connectivity index (χ0) is 10.3. The number of hydrogen-bond acceptors (Lipinski definition) is 1. The molecule has 1 nitrogen and oxygen atoms in total. The average Bonchev–Trinajstić information content (AvgIpc) is 2.30. The molecule has 3 heteroatoms. The Bertz CT molecular complexity index is 236. The van der Waals surface area contributed by atoms with Gasteiger partial charge in [-0.15, -0.1) is 0 Å². The molecule has 1 heterocycles. The monoisotopic (exact) mass is 246 g/mol. The maximum atomic E-state index is 6.45. The predicted octanol–water partition coefficient (Wildman–Crippen LogP) is 4.68. The average molecular weight is 247 g/mol. The van der Waals surface area contributed by atoms with Gasteiger partial charge in [-0.1, -0.05) is 36.9 Å². The van der Waals surface area contributed by atoms with E-state index in [2.05, 4.69) is 0 Å². The molecular formula is C12H20ClOP. The third-order valence-corrected chi connectivity index (χ3v) is 7.21. The molecule has 2 saturated carbocycles. The van der Waals surface area contributed by atoms with Crippen LogP contribution in [0.3, 0.4) is 0 Å². The molecule has 86 valence electrons. The maximum absolute atomic E-state index is 6.45. The minimum atomic E-state index is -0.620. The fourth-order valence-corrected chi connectivity index (χ4v) is 6.61. The number of halogens is 1. The van der Waals surface area contributed by atoms with Crippen LogP contribution in [0, 0.1) is 11.8 Å². The van der Waals surface area contributed by atoms with Crippen LogP contribution in [0.2, 0.25) is 0 Å². The molecule has 0 amide bonds. The molecule has 1 aliphatic heterocycles. The number of rotatable bonds is 0. The quantitative estimate of drug-likeness (QED) is 0.564. The molecule has 0 aromatic carbocycles. The fraction of sp³-hybridized carbons (Fsp3) is 1.00. The van der Waals surface area contributed by atoms with E-state index >= 15 is 0 Å². The molecule has 0 radical (unpaired) electrons.